The molecule has 4 N–H and O–H groups in total. The zero-order valence-corrected chi connectivity index (χ0v) is 13.0. The van der Waals surface area contributed by atoms with Crippen LogP contribution in [-0.2, 0) is 4.79 Å². The van der Waals surface area contributed by atoms with Gasteiger partial charge in [-0.15, -0.1) is 12.4 Å². The third-order valence-electron chi connectivity index (χ3n) is 4.12. The minimum absolute atomic E-state index is 0. The van der Waals surface area contributed by atoms with Gasteiger partial charge >= 0.3 is 0 Å². The average Bonchev–Trinajstić information content (AvgIpc) is 2.91. The summed E-state index contributed by atoms with van der Waals surface area (Å²) < 4.78 is 0. The molecule has 1 amide bonds. The number of hydrogen-bond donors (Lipinski definition) is 3. The molecule has 118 valence electrons. The van der Waals surface area contributed by atoms with Crippen molar-refractivity contribution >= 4 is 18.3 Å². The number of nitrogens with two attached hydrogens (primary N) is 1. The van der Waals surface area contributed by atoms with Crippen LogP contribution in [0.3, 0.4) is 0 Å². The molecule has 0 spiro atoms. The fourth-order valence-corrected chi connectivity index (χ4v) is 2.89. The molecule has 0 saturated heterocycles. The number of aliphatic hydroxyl groups excluding tert-OH is 1. The summed E-state index contributed by atoms with van der Waals surface area (Å²) in [6, 6.07) is 10.2. The molecule has 0 radical (unpaired) electrons. The number of rotatable bonds is 6. The smallest absolute Gasteiger partial charge is 0.223 e. The van der Waals surface area contributed by atoms with Crippen LogP contribution < -0.4 is 11.1 Å². The monoisotopic (exact) mass is 312 g/mol. The Balaban J connectivity index is 0.00000220. The molecule has 0 bridgehead atoms. The number of halogens is 1. The second-order valence-electron chi connectivity index (χ2n) is 5.64. The molecule has 0 aromatic heterocycles. The third-order valence-corrected chi connectivity index (χ3v) is 4.12. The summed E-state index contributed by atoms with van der Waals surface area (Å²) in [6.07, 6.45) is 3.29. The molecule has 0 heterocycles. The molecule has 3 unspecified atom stereocenters. The van der Waals surface area contributed by atoms with E-state index in [9.17, 15) is 9.90 Å². The topological polar surface area (TPSA) is 75.4 Å². The van der Waals surface area contributed by atoms with E-state index in [-0.39, 0.29) is 42.8 Å². The molecular formula is C16H25ClN2O2. The highest BCUT2D eigenvalue weighted by Gasteiger charge is 2.27. The normalized spacial score (nSPS) is 22.4. The molecule has 1 saturated carbocycles. The number of nitrogens with one attached hydrogen (secondary N) is 1. The Morgan fingerprint density at radius 2 is 2.05 bits per heavy atom. The summed E-state index contributed by atoms with van der Waals surface area (Å²) in [5.41, 5.74) is 7.00. The molecule has 1 aromatic rings. The highest BCUT2D eigenvalue weighted by Crippen LogP contribution is 2.24. The first-order valence-electron chi connectivity index (χ1n) is 7.39. The average molecular weight is 313 g/mol. The van der Waals surface area contributed by atoms with Crippen LogP contribution in [0.4, 0.5) is 0 Å². The van der Waals surface area contributed by atoms with Gasteiger partial charge in [0.05, 0.1) is 0 Å². The van der Waals surface area contributed by atoms with Crippen molar-refractivity contribution in [2.24, 2.45) is 11.7 Å². The lowest BCUT2D eigenvalue weighted by atomic mass is 9.95. The number of carbonyl (C=O) groups excluding carboxylic acids is 1. The quantitative estimate of drug-likeness (QED) is 0.750. The van der Waals surface area contributed by atoms with Crippen molar-refractivity contribution in [1.29, 1.82) is 0 Å². The van der Waals surface area contributed by atoms with Crippen molar-refractivity contribution in [3.63, 3.8) is 0 Å². The van der Waals surface area contributed by atoms with Crippen LogP contribution in [0.5, 0.6) is 0 Å². The van der Waals surface area contributed by atoms with Gasteiger partial charge in [0.15, 0.2) is 0 Å². The number of carbonyl (C=O) groups is 1. The Labute approximate surface area is 132 Å². The zero-order chi connectivity index (χ0) is 14.4. The Morgan fingerprint density at radius 3 is 2.62 bits per heavy atom. The fourth-order valence-electron chi connectivity index (χ4n) is 2.89. The molecular weight excluding hydrogens is 288 g/mol. The Bertz CT molecular complexity index is 428. The highest BCUT2D eigenvalue weighted by molar-refractivity contribution is 5.85. The number of amides is 1. The van der Waals surface area contributed by atoms with Gasteiger partial charge in [-0.3, -0.25) is 4.79 Å². The molecule has 21 heavy (non-hydrogen) atoms. The Kier molecular flexibility index (Phi) is 7.72. The van der Waals surface area contributed by atoms with Crippen LogP contribution >= 0.6 is 12.4 Å². The molecule has 1 fully saturated rings. The second-order valence-corrected chi connectivity index (χ2v) is 5.64. The van der Waals surface area contributed by atoms with Crippen molar-refractivity contribution < 1.29 is 9.90 Å². The summed E-state index contributed by atoms with van der Waals surface area (Å²) in [5, 5.41) is 12.2. The minimum Gasteiger partial charge on any atom is -0.396 e. The summed E-state index contributed by atoms with van der Waals surface area (Å²) in [6.45, 7) is 0.707. The zero-order valence-electron chi connectivity index (χ0n) is 12.2. The predicted molar refractivity (Wildman–Crippen MR) is 86.5 cm³/mol. The summed E-state index contributed by atoms with van der Waals surface area (Å²) in [4.78, 5) is 12.1. The summed E-state index contributed by atoms with van der Waals surface area (Å²) >= 11 is 0. The van der Waals surface area contributed by atoms with E-state index in [1.807, 2.05) is 30.3 Å². The molecule has 4 nitrogen and oxygen atoms in total. The number of hydrogen-bond acceptors (Lipinski definition) is 3. The number of aliphatic hydroxyl groups is 1. The van der Waals surface area contributed by atoms with Gasteiger partial charge in [0.25, 0.3) is 0 Å². The molecule has 1 aliphatic carbocycles. The lowest BCUT2D eigenvalue weighted by molar-refractivity contribution is -0.124. The molecule has 3 atom stereocenters. The summed E-state index contributed by atoms with van der Waals surface area (Å²) in [5.74, 6) is 0.340. The van der Waals surface area contributed by atoms with Crippen molar-refractivity contribution in [2.45, 2.75) is 37.6 Å². The lowest BCUT2D eigenvalue weighted by Crippen LogP contribution is -2.33. The van der Waals surface area contributed by atoms with Crippen LogP contribution in [0.15, 0.2) is 30.3 Å². The van der Waals surface area contributed by atoms with Gasteiger partial charge in [-0.1, -0.05) is 30.3 Å². The largest absolute Gasteiger partial charge is 0.396 e. The van der Waals surface area contributed by atoms with Crippen LogP contribution in [0, 0.1) is 5.92 Å². The van der Waals surface area contributed by atoms with Crippen LogP contribution in [-0.4, -0.2) is 30.2 Å². The molecule has 1 aromatic carbocycles. The van der Waals surface area contributed by atoms with Crippen LogP contribution in [0.2, 0.25) is 0 Å². The molecule has 1 aliphatic rings. The van der Waals surface area contributed by atoms with Gasteiger partial charge in [-0.2, -0.15) is 0 Å². The summed E-state index contributed by atoms with van der Waals surface area (Å²) in [7, 11) is 0. The first-order valence-corrected chi connectivity index (χ1v) is 7.39. The second kappa shape index (κ2) is 9.03. The van der Waals surface area contributed by atoms with E-state index < -0.39 is 0 Å². The van der Waals surface area contributed by atoms with Crippen molar-refractivity contribution in [2.75, 3.05) is 13.2 Å². The van der Waals surface area contributed by atoms with E-state index in [2.05, 4.69) is 5.32 Å². The SMILES string of the molecule is Cl.NC1CCC(C(=O)NCC(CCO)c2ccccc2)C1. The number of benzene rings is 1. The first kappa shape index (κ1) is 18.0. The van der Waals surface area contributed by atoms with Gasteiger partial charge in [-0.25, -0.2) is 0 Å². The van der Waals surface area contributed by atoms with E-state index in [1.54, 1.807) is 0 Å². The fraction of sp³-hybridized carbons (Fsp3) is 0.562. The van der Waals surface area contributed by atoms with E-state index in [4.69, 9.17) is 5.73 Å². The molecule has 2 rings (SSSR count). The lowest BCUT2D eigenvalue weighted by Gasteiger charge is -2.18. The molecule has 0 aliphatic heterocycles. The van der Waals surface area contributed by atoms with Gasteiger partial charge < -0.3 is 16.2 Å². The molecule has 5 heteroatoms. The third kappa shape index (κ3) is 5.30. The maximum atomic E-state index is 12.1. The van der Waals surface area contributed by atoms with E-state index in [0.29, 0.717) is 13.0 Å². The van der Waals surface area contributed by atoms with Crippen LogP contribution in [0.1, 0.15) is 37.2 Å². The standard InChI is InChI=1S/C16H24N2O2.ClH/c17-15-7-6-13(10-15)16(20)18-11-14(8-9-19)12-4-2-1-3-5-12;/h1-5,13-15,19H,6-11,17H2,(H,18,20);1H. The van der Waals surface area contributed by atoms with Gasteiger partial charge in [-0.05, 0) is 31.2 Å². The highest BCUT2D eigenvalue weighted by atomic mass is 35.5. The van der Waals surface area contributed by atoms with Crippen molar-refractivity contribution in [1.82, 2.24) is 5.32 Å². The van der Waals surface area contributed by atoms with E-state index in [1.165, 1.54) is 0 Å². The van der Waals surface area contributed by atoms with E-state index in [0.717, 1.165) is 24.8 Å². The maximum absolute atomic E-state index is 12.1. The minimum atomic E-state index is 0. The van der Waals surface area contributed by atoms with Crippen molar-refractivity contribution in [3.05, 3.63) is 35.9 Å². The van der Waals surface area contributed by atoms with Crippen molar-refractivity contribution in [3.8, 4) is 0 Å². The first-order chi connectivity index (χ1) is 9.70. The van der Waals surface area contributed by atoms with Crippen LogP contribution in [0.25, 0.3) is 0 Å². The van der Waals surface area contributed by atoms with Gasteiger partial charge in [0.2, 0.25) is 5.91 Å². The predicted octanol–water partition coefficient (Wildman–Crippen LogP) is 1.82. The van der Waals surface area contributed by atoms with Gasteiger partial charge in [0.1, 0.15) is 0 Å². The van der Waals surface area contributed by atoms with Gasteiger partial charge in [0, 0.05) is 31.0 Å². The Morgan fingerprint density at radius 1 is 1.33 bits per heavy atom. The van der Waals surface area contributed by atoms with E-state index >= 15 is 0 Å². The maximum Gasteiger partial charge on any atom is 0.223 e. The Hall–Kier alpha value is -1.10.